The lowest BCUT2D eigenvalue weighted by atomic mass is 9.99. The predicted molar refractivity (Wildman–Crippen MR) is 91.3 cm³/mol. The van der Waals surface area contributed by atoms with Crippen LogP contribution in [0.15, 0.2) is 24.3 Å². The molecule has 5 heteroatoms. The lowest BCUT2D eigenvalue weighted by Gasteiger charge is -2.35. The fourth-order valence-corrected chi connectivity index (χ4v) is 3.29. The van der Waals surface area contributed by atoms with Gasteiger partial charge in [0.15, 0.2) is 5.82 Å². The van der Waals surface area contributed by atoms with E-state index < -0.39 is 0 Å². The van der Waals surface area contributed by atoms with Crippen molar-refractivity contribution < 1.29 is 0 Å². The Labute approximate surface area is 138 Å². The first-order valence-corrected chi connectivity index (χ1v) is 8.56. The lowest BCUT2D eigenvalue weighted by molar-refractivity contribution is 0.170. The van der Waals surface area contributed by atoms with E-state index in [0.717, 1.165) is 18.9 Å². The molecule has 2 aromatic rings. The van der Waals surface area contributed by atoms with E-state index >= 15 is 0 Å². The van der Waals surface area contributed by atoms with Gasteiger partial charge in [-0.25, -0.2) is 4.68 Å². The molecule has 1 atom stereocenters. The molecule has 0 radical (unpaired) electrons. The lowest BCUT2D eigenvalue weighted by Crippen LogP contribution is -2.38. The predicted octanol–water partition coefficient (Wildman–Crippen LogP) is 3.31. The molecule has 1 aliphatic heterocycles. The highest BCUT2D eigenvalue weighted by Gasteiger charge is 2.31. The van der Waals surface area contributed by atoms with Gasteiger partial charge in [0.25, 0.3) is 0 Å². The molecule has 1 aromatic carbocycles. The van der Waals surface area contributed by atoms with Gasteiger partial charge in [0, 0.05) is 0 Å². The monoisotopic (exact) mass is 313 g/mol. The maximum atomic E-state index is 4.42. The van der Waals surface area contributed by atoms with E-state index in [1.54, 1.807) is 0 Å². The number of nitrogens with zero attached hydrogens (tertiary/aromatic N) is 5. The number of tetrazole rings is 1. The van der Waals surface area contributed by atoms with Crippen molar-refractivity contribution >= 4 is 0 Å². The zero-order valence-electron chi connectivity index (χ0n) is 14.7. The zero-order valence-corrected chi connectivity index (χ0v) is 14.7. The number of aryl methyl sites for hydroxylation is 1. The highest BCUT2D eigenvalue weighted by Crippen LogP contribution is 2.31. The summed E-state index contributed by atoms with van der Waals surface area (Å²) in [5.41, 5.74) is 2.43. The van der Waals surface area contributed by atoms with Crippen molar-refractivity contribution in [3.8, 4) is 0 Å². The van der Waals surface area contributed by atoms with E-state index in [0.29, 0.717) is 0 Å². The van der Waals surface area contributed by atoms with E-state index in [1.807, 2.05) is 4.68 Å². The topological polar surface area (TPSA) is 46.8 Å². The second-order valence-corrected chi connectivity index (χ2v) is 7.53. The number of benzene rings is 1. The molecule has 0 saturated carbocycles. The number of aromatic nitrogens is 4. The largest absolute Gasteiger partial charge is 0.290 e. The number of hydrogen-bond donors (Lipinski definition) is 0. The van der Waals surface area contributed by atoms with Crippen LogP contribution in [0.5, 0.6) is 0 Å². The highest BCUT2D eigenvalue weighted by molar-refractivity contribution is 5.28. The summed E-state index contributed by atoms with van der Waals surface area (Å²) in [7, 11) is 0. The number of likely N-dealkylation sites (tertiary alicyclic amines) is 1. The number of piperidine rings is 1. The molecule has 2 heterocycles. The van der Waals surface area contributed by atoms with Gasteiger partial charge in [-0.05, 0) is 69.6 Å². The molecule has 23 heavy (non-hydrogen) atoms. The third-order valence-corrected chi connectivity index (χ3v) is 4.52. The summed E-state index contributed by atoms with van der Waals surface area (Å²) in [6.07, 6.45) is 3.82. The Balaban J connectivity index is 2.05. The van der Waals surface area contributed by atoms with Gasteiger partial charge in [-0.1, -0.05) is 36.2 Å². The molecule has 0 spiro atoms. The van der Waals surface area contributed by atoms with Gasteiger partial charge in [0.2, 0.25) is 0 Å². The second kappa shape index (κ2) is 6.40. The molecule has 1 saturated heterocycles. The Hall–Kier alpha value is -1.75. The van der Waals surface area contributed by atoms with E-state index in [1.165, 1.54) is 30.4 Å². The van der Waals surface area contributed by atoms with Gasteiger partial charge < -0.3 is 0 Å². The average Bonchev–Trinajstić information content (AvgIpc) is 3.00. The van der Waals surface area contributed by atoms with E-state index in [4.69, 9.17) is 0 Å². The van der Waals surface area contributed by atoms with Gasteiger partial charge in [-0.15, -0.1) is 5.10 Å². The summed E-state index contributed by atoms with van der Waals surface area (Å²) in [5.74, 6) is 0.947. The van der Waals surface area contributed by atoms with Crippen LogP contribution in [-0.4, -0.2) is 38.2 Å². The van der Waals surface area contributed by atoms with Crippen molar-refractivity contribution in [3.63, 3.8) is 0 Å². The molecule has 0 bridgehead atoms. The van der Waals surface area contributed by atoms with E-state index in [2.05, 4.69) is 72.4 Å². The molecule has 1 aliphatic rings. The standard InChI is InChI=1S/C18H27N5/c1-14-8-10-15(11-9-14)16(22-12-6-5-7-13-22)17-19-20-21-23(17)18(2,3)4/h8-11,16H,5-7,12-13H2,1-4H3. The molecule has 0 amide bonds. The third kappa shape index (κ3) is 3.44. The van der Waals surface area contributed by atoms with Crippen LogP contribution >= 0.6 is 0 Å². The van der Waals surface area contributed by atoms with Gasteiger partial charge in [0.1, 0.15) is 0 Å². The smallest absolute Gasteiger partial charge is 0.173 e. The average molecular weight is 313 g/mol. The molecule has 124 valence electrons. The first-order valence-electron chi connectivity index (χ1n) is 8.56. The second-order valence-electron chi connectivity index (χ2n) is 7.53. The molecule has 5 nitrogen and oxygen atoms in total. The van der Waals surface area contributed by atoms with Crippen LogP contribution in [0.1, 0.15) is 63.0 Å². The Kier molecular flexibility index (Phi) is 4.48. The highest BCUT2D eigenvalue weighted by atomic mass is 15.6. The third-order valence-electron chi connectivity index (χ3n) is 4.52. The van der Waals surface area contributed by atoms with Crippen molar-refractivity contribution in [2.24, 2.45) is 0 Å². The molecular formula is C18H27N5. The van der Waals surface area contributed by atoms with Crippen LogP contribution in [-0.2, 0) is 5.54 Å². The van der Waals surface area contributed by atoms with E-state index in [-0.39, 0.29) is 11.6 Å². The summed E-state index contributed by atoms with van der Waals surface area (Å²) in [5, 5.41) is 12.7. The van der Waals surface area contributed by atoms with Crippen molar-refractivity contribution in [3.05, 3.63) is 41.2 Å². The zero-order chi connectivity index (χ0) is 16.4. The normalized spacial score (nSPS) is 18.1. The van der Waals surface area contributed by atoms with Crippen molar-refractivity contribution in [2.45, 2.75) is 58.5 Å². The first kappa shape index (κ1) is 16.1. The Bertz CT molecular complexity index is 632. The molecule has 1 fully saturated rings. The minimum atomic E-state index is -0.127. The van der Waals surface area contributed by atoms with Crippen molar-refractivity contribution in [1.82, 2.24) is 25.1 Å². The van der Waals surface area contributed by atoms with Crippen LogP contribution in [0.4, 0.5) is 0 Å². The fraction of sp³-hybridized carbons (Fsp3) is 0.611. The molecule has 3 rings (SSSR count). The summed E-state index contributed by atoms with van der Waals surface area (Å²) in [6, 6.07) is 8.92. The Morgan fingerprint density at radius 1 is 1.00 bits per heavy atom. The first-order chi connectivity index (χ1) is 11.0. The summed E-state index contributed by atoms with van der Waals surface area (Å²) in [4.78, 5) is 2.53. The molecule has 1 unspecified atom stereocenters. The van der Waals surface area contributed by atoms with Crippen LogP contribution in [0, 0.1) is 6.92 Å². The van der Waals surface area contributed by atoms with Crippen molar-refractivity contribution in [2.75, 3.05) is 13.1 Å². The van der Waals surface area contributed by atoms with Crippen LogP contribution in [0.2, 0.25) is 0 Å². The summed E-state index contributed by atoms with van der Waals surface area (Å²) < 4.78 is 1.98. The quantitative estimate of drug-likeness (QED) is 0.872. The molecule has 1 aromatic heterocycles. The van der Waals surface area contributed by atoms with Gasteiger partial charge in [-0.2, -0.15) is 0 Å². The van der Waals surface area contributed by atoms with Crippen molar-refractivity contribution in [1.29, 1.82) is 0 Å². The molecule has 0 aliphatic carbocycles. The van der Waals surface area contributed by atoms with Crippen LogP contribution in [0.25, 0.3) is 0 Å². The SMILES string of the molecule is Cc1ccc(C(c2nnnn2C(C)(C)C)N2CCCCC2)cc1. The maximum absolute atomic E-state index is 4.42. The molecular weight excluding hydrogens is 286 g/mol. The maximum Gasteiger partial charge on any atom is 0.173 e. The van der Waals surface area contributed by atoms with Crippen LogP contribution in [0.3, 0.4) is 0 Å². The summed E-state index contributed by atoms with van der Waals surface area (Å²) >= 11 is 0. The van der Waals surface area contributed by atoms with Gasteiger partial charge in [0.05, 0.1) is 11.6 Å². The van der Waals surface area contributed by atoms with Gasteiger partial charge >= 0.3 is 0 Å². The molecule has 0 N–H and O–H groups in total. The fourth-order valence-electron chi connectivity index (χ4n) is 3.29. The Morgan fingerprint density at radius 3 is 2.26 bits per heavy atom. The minimum Gasteiger partial charge on any atom is -0.290 e. The minimum absolute atomic E-state index is 0.127. The summed E-state index contributed by atoms with van der Waals surface area (Å²) in [6.45, 7) is 10.8. The van der Waals surface area contributed by atoms with Crippen LogP contribution < -0.4 is 0 Å². The number of rotatable bonds is 3. The Morgan fingerprint density at radius 2 is 1.65 bits per heavy atom. The number of hydrogen-bond acceptors (Lipinski definition) is 4. The van der Waals surface area contributed by atoms with E-state index in [9.17, 15) is 0 Å². The van der Waals surface area contributed by atoms with Gasteiger partial charge in [-0.3, -0.25) is 4.90 Å².